The molecule has 0 aliphatic heterocycles. The Hall–Kier alpha value is -2.83. The molecule has 3 aromatic rings. The molecular formula is C22H27ClN4O2. The summed E-state index contributed by atoms with van der Waals surface area (Å²) in [6.07, 6.45) is 3.46. The highest BCUT2D eigenvalue weighted by atomic mass is 35.5. The van der Waals surface area contributed by atoms with Gasteiger partial charge in [-0.2, -0.15) is 5.10 Å². The summed E-state index contributed by atoms with van der Waals surface area (Å²) in [5, 5.41) is 10.2. The normalized spacial score (nSPS) is 12.6. The number of nitrogens with zero attached hydrogens (tertiary/aromatic N) is 2. The Kier molecular flexibility index (Phi) is 7.82. The first kappa shape index (κ1) is 22.5. The molecule has 1 amide bonds. The van der Waals surface area contributed by atoms with Crippen molar-refractivity contribution in [2.45, 2.75) is 26.0 Å². The van der Waals surface area contributed by atoms with Gasteiger partial charge >= 0.3 is 0 Å². The van der Waals surface area contributed by atoms with E-state index in [4.69, 9.17) is 4.74 Å². The molecule has 0 saturated carbocycles. The molecule has 1 heterocycles. The molecule has 0 fully saturated rings. The Morgan fingerprint density at radius 3 is 2.45 bits per heavy atom. The van der Waals surface area contributed by atoms with Crippen molar-refractivity contribution < 1.29 is 9.53 Å². The van der Waals surface area contributed by atoms with Crippen LogP contribution >= 0.6 is 12.4 Å². The molecule has 0 bridgehead atoms. The summed E-state index contributed by atoms with van der Waals surface area (Å²) < 4.78 is 7.72. The highest BCUT2D eigenvalue weighted by Gasteiger charge is 2.21. The molecular weight excluding hydrogens is 388 g/mol. The Morgan fingerprint density at radius 1 is 1.14 bits per heavy atom. The van der Waals surface area contributed by atoms with Gasteiger partial charge in [-0.25, -0.2) is 0 Å². The van der Waals surface area contributed by atoms with Gasteiger partial charge in [0.25, 0.3) is 0 Å². The topological polar surface area (TPSA) is 68.2 Å². The molecule has 29 heavy (non-hydrogen) atoms. The fourth-order valence-electron chi connectivity index (χ4n) is 3.09. The second-order valence-electron chi connectivity index (χ2n) is 6.81. The first-order chi connectivity index (χ1) is 13.5. The van der Waals surface area contributed by atoms with Crippen LogP contribution in [0.5, 0.6) is 5.75 Å². The number of likely N-dealkylation sites (N-methyl/N-ethyl adjacent to an activating group) is 1. The number of amides is 1. The van der Waals surface area contributed by atoms with Crippen LogP contribution in [0.4, 0.5) is 5.69 Å². The van der Waals surface area contributed by atoms with Crippen molar-refractivity contribution in [3.8, 4) is 5.75 Å². The van der Waals surface area contributed by atoms with Gasteiger partial charge in [-0.05, 0) is 50.2 Å². The maximum atomic E-state index is 12.7. The summed E-state index contributed by atoms with van der Waals surface area (Å²) in [4.78, 5) is 12.7. The van der Waals surface area contributed by atoms with Gasteiger partial charge in [0.2, 0.25) is 5.91 Å². The van der Waals surface area contributed by atoms with Gasteiger partial charge in [-0.1, -0.05) is 30.3 Å². The minimum absolute atomic E-state index is 0. The van der Waals surface area contributed by atoms with Gasteiger partial charge in [0.1, 0.15) is 17.9 Å². The number of aromatic nitrogens is 2. The highest BCUT2D eigenvalue weighted by molar-refractivity contribution is 5.96. The summed E-state index contributed by atoms with van der Waals surface area (Å²) in [5.41, 5.74) is 3.63. The van der Waals surface area contributed by atoms with Crippen LogP contribution in [-0.2, 0) is 11.8 Å². The van der Waals surface area contributed by atoms with Crippen LogP contribution in [-0.4, -0.2) is 22.7 Å². The summed E-state index contributed by atoms with van der Waals surface area (Å²) in [5.74, 6) is 0.634. The number of benzene rings is 2. The van der Waals surface area contributed by atoms with E-state index < -0.39 is 6.04 Å². The van der Waals surface area contributed by atoms with Crippen LogP contribution in [0.2, 0.25) is 0 Å². The monoisotopic (exact) mass is 414 g/mol. The van der Waals surface area contributed by atoms with Crippen LogP contribution in [0.25, 0.3) is 0 Å². The molecule has 0 radical (unpaired) electrons. The number of nitrogens with one attached hydrogen (secondary N) is 2. The number of rotatable bonds is 7. The Morgan fingerprint density at radius 2 is 1.86 bits per heavy atom. The van der Waals surface area contributed by atoms with Crippen LogP contribution in [0.1, 0.15) is 35.8 Å². The van der Waals surface area contributed by atoms with Crippen molar-refractivity contribution in [2.75, 3.05) is 12.4 Å². The number of hydrogen-bond donors (Lipinski definition) is 2. The number of aryl methyl sites for hydroxylation is 2. The van der Waals surface area contributed by atoms with E-state index in [-0.39, 0.29) is 24.4 Å². The molecule has 0 saturated heterocycles. The third kappa shape index (κ3) is 5.59. The lowest BCUT2D eigenvalue weighted by Gasteiger charge is -2.18. The Labute approximate surface area is 177 Å². The summed E-state index contributed by atoms with van der Waals surface area (Å²) in [6.45, 7) is 3.97. The molecule has 154 valence electrons. The zero-order chi connectivity index (χ0) is 20.1. The quantitative estimate of drug-likeness (QED) is 0.608. The van der Waals surface area contributed by atoms with Crippen molar-refractivity contribution in [1.29, 1.82) is 0 Å². The van der Waals surface area contributed by atoms with Gasteiger partial charge in [-0.3, -0.25) is 9.48 Å². The maximum absolute atomic E-state index is 12.7. The fourth-order valence-corrected chi connectivity index (χ4v) is 3.09. The average molecular weight is 415 g/mol. The number of carbonyl (C=O) groups is 1. The minimum atomic E-state index is -0.470. The molecule has 0 aliphatic rings. The Bertz CT molecular complexity index is 943. The van der Waals surface area contributed by atoms with E-state index in [2.05, 4.69) is 15.7 Å². The van der Waals surface area contributed by atoms with Crippen LogP contribution in [0.3, 0.4) is 0 Å². The number of halogens is 1. The molecule has 0 aliphatic carbocycles. The lowest BCUT2D eigenvalue weighted by molar-refractivity contribution is -0.118. The molecule has 2 N–H and O–H groups in total. The number of hydrogen-bond acceptors (Lipinski definition) is 4. The van der Waals surface area contributed by atoms with Gasteiger partial charge in [-0.15, -0.1) is 12.4 Å². The summed E-state index contributed by atoms with van der Waals surface area (Å²) >= 11 is 0. The van der Waals surface area contributed by atoms with Crippen molar-refractivity contribution in [3.63, 3.8) is 0 Å². The molecule has 1 aromatic heterocycles. The van der Waals surface area contributed by atoms with Crippen LogP contribution in [0.15, 0.2) is 60.9 Å². The van der Waals surface area contributed by atoms with Crippen molar-refractivity contribution in [1.82, 2.24) is 15.1 Å². The van der Waals surface area contributed by atoms with Crippen molar-refractivity contribution in [2.24, 2.45) is 7.05 Å². The third-order valence-corrected chi connectivity index (χ3v) is 4.65. The lowest BCUT2D eigenvalue weighted by Crippen LogP contribution is -2.30. The first-order valence-corrected chi connectivity index (χ1v) is 9.27. The smallest absolute Gasteiger partial charge is 0.246 e. The zero-order valence-electron chi connectivity index (χ0n) is 17.0. The summed E-state index contributed by atoms with van der Waals surface area (Å²) in [6, 6.07) is 15.3. The third-order valence-electron chi connectivity index (χ3n) is 4.65. The van der Waals surface area contributed by atoms with Crippen LogP contribution in [0, 0.1) is 6.92 Å². The number of ether oxygens (including phenoxy) is 1. The van der Waals surface area contributed by atoms with Gasteiger partial charge in [0.15, 0.2) is 0 Å². The molecule has 6 nitrogen and oxygen atoms in total. The molecule has 2 aromatic carbocycles. The predicted octanol–water partition coefficient (Wildman–Crippen LogP) is 4.19. The molecule has 3 rings (SSSR count). The minimum Gasteiger partial charge on any atom is -0.486 e. The molecule has 2 atom stereocenters. The second kappa shape index (κ2) is 10.1. The van der Waals surface area contributed by atoms with Gasteiger partial charge in [0, 0.05) is 24.5 Å². The second-order valence-corrected chi connectivity index (χ2v) is 6.81. The molecule has 2 unspecified atom stereocenters. The Balaban J connectivity index is 0.00000300. The first-order valence-electron chi connectivity index (χ1n) is 9.27. The largest absolute Gasteiger partial charge is 0.486 e. The van der Waals surface area contributed by atoms with E-state index in [0.29, 0.717) is 0 Å². The van der Waals surface area contributed by atoms with Crippen molar-refractivity contribution >= 4 is 24.0 Å². The average Bonchev–Trinajstić information content (AvgIpc) is 3.11. The van der Waals surface area contributed by atoms with Crippen LogP contribution < -0.4 is 15.4 Å². The van der Waals surface area contributed by atoms with E-state index in [9.17, 15) is 4.79 Å². The predicted molar refractivity (Wildman–Crippen MR) is 118 cm³/mol. The standard InChI is InChI=1S/C22H26N4O2.ClH/c1-15-12-19(28-16(2)17-8-6-5-7-9-17)10-11-20(15)25-22(27)21(23-3)18-13-24-26(4)14-18;/h5-14,16,21,23H,1-4H3,(H,25,27);1H. The zero-order valence-corrected chi connectivity index (χ0v) is 17.9. The van der Waals surface area contributed by atoms with E-state index >= 15 is 0 Å². The van der Waals surface area contributed by atoms with E-state index in [1.165, 1.54) is 0 Å². The van der Waals surface area contributed by atoms with E-state index in [1.807, 2.05) is 75.6 Å². The number of anilines is 1. The fraction of sp³-hybridized carbons (Fsp3) is 0.273. The van der Waals surface area contributed by atoms with E-state index in [0.717, 1.165) is 28.1 Å². The number of carbonyl (C=O) groups excluding carboxylic acids is 1. The lowest BCUT2D eigenvalue weighted by atomic mass is 10.1. The summed E-state index contributed by atoms with van der Waals surface area (Å²) in [7, 11) is 3.58. The highest BCUT2D eigenvalue weighted by Crippen LogP contribution is 2.26. The SMILES string of the molecule is CNC(C(=O)Nc1ccc(OC(C)c2ccccc2)cc1C)c1cnn(C)c1.Cl. The van der Waals surface area contributed by atoms with Crippen molar-refractivity contribution in [3.05, 3.63) is 77.6 Å². The van der Waals surface area contributed by atoms with Gasteiger partial charge in [0.05, 0.1) is 6.20 Å². The van der Waals surface area contributed by atoms with E-state index in [1.54, 1.807) is 17.9 Å². The molecule has 0 spiro atoms. The maximum Gasteiger partial charge on any atom is 0.246 e. The molecule has 7 heteroatoms. The van der Waals surface area contributed by atoms with Gasteiger partial charge < -0.3 is 15.4 Å².